The van der Waals surface area contributed by atoms with Gasteiger partial charge < -0.3 is 25.1 Å². The molecule has 6 fully saturated rings. The minimum atomic E-state index is -0.374. The molecule has 1 aromatic carbocycles. The van der Waals surface area contributed by atoms with Gasteiger partial charge in [-0.1, -0.05) is 6.92 Å². The van der Waals surface area contributed by atoms with Crippen molar-refractivity contribution in [2.75, 3.05) is 50.7 Å². The van der Waals surface area contributed by atoms with E-state index in [-0.39, 0.29) is 11.5 Å². The molecule has 0 aromatic heterocycles. The van der Waals surface area contributed by atoms with Gasteiger partial charge in [-0.05, 0) is 106 Å². The van der Waals surface area contributed by atoms with Crippen LogP contribution in [0.5, 0.6) is 0 Å². The second kappa shape index (κ2) is 9.59. The van der Waals surface area contributed by atoms with Crippen molar-refractivity contribution >= 4 is 11.6 Å². The van der Waals surface area contributed by atoms with Gasteiger partial charge in [0.05, 0.1) is 5.60 Å². The summed E-state index contributed by atoms with van der Waals surface area (Å²) in [6, 6.07) is 9.36. The van der Waals surface area contributed by atoms with Crippen molar-refractivity contribution in [1.29, 1.82) is 0 Å². The molecule has 4 saturated carbocycles. The maximum atomic E-state index is 12.9. The lowest BCUT2D eigenvalue weighted by atomic mass is 9.46. The number of amides is 1. The molecule has 36 heavy (non-hydrogen) atoms. The Balaban J connectivity index is 1.01. The van der Waals surface area contributed by atoms with E-state index >= 15 is 0 Å². The number of rotatable bonds is 6. The fourth-order valence-electron chi connectivity index (χ4n) is 8.89. The molecule has 6 nitrogen and oxygen atoms in total. The monoisotopic (exact) mass is 494 g/mol. The highest BCUT2D eigenvalue weighted by atomic mass is 16.3. The zero-order valence-electron chi connectivity index (χ0n) is 22.4. The maximum Gasteiger partial charge on any atom is 0.253 e. The molecule has 0 radical (unpaired) electrons. The number of carbonyl (C=O) groups excluding carboxylic acids is 1. The molecule has 3 atom stereocenters. The zero-order chi connectivity index (χ0) is 24.9. The number of hydrogen-bond acceptors (Lipinski definition) is 5. The molecule has 4 aliphatic carbocycles. The van der Waals surface area contributed by atoms with E-state index in [9.17, 15) is 9.90 Å². The lowest BCUT2D eigenvalue weighted by Gasteiger charge is -2.62. The third-order valence-corrected chi connectivity index (χ3v) is 10.6. The number of hydrogen-bond donors (Lipinski definition) is 2. The van der Waals surface area contributed by atoms with Crippen LogP contribution in [0.15, 0.2) is 24.3 Å². The van der Waals surface area contributed by atoms with E-state index in [1.54, 1.807) is 0 Å². The average Bonchev–Trinajstić information content (AvgIpc) is 2.87. The van der Waals surface area contributed by atoms with Crippen molar-refractivity contribution in [2.24, 2.45) is 17.3 Å². The molecule has 0 spiro atoms. The Morgan fingerprint density at radius 2 is 1.64 bits per heavy atom. The quantitative estimate of drug-likeness (QED) is 0.631. The van der Waals surface area contributed by atoms with Gasteiger partial charge in [-0.3, -0.25) is 4.79 Å². The van der Waals surface area contributed by atoms with Crippen LogP contribution in [0.3, 0.4) is 0 Å². The Morgan fingerprint density at radius 3 is 2.22 bits per heavy atom. The third kappa shape index (κ3) is 4.69. The highest BCUT2D eigenvalue weighted by Gasteiger charge is 2.58. The van der Waals surface area contributed by atoms with Crippen LogP contribution in [0.4, 0.5) is 5.69 Å². The summed E-state index contributed by atoms with van der Waals surface area (Å²) in [5, 5.41) is 15.2. The number of benzene rings is 1. The lowest BCUT2D eigenvalue weighted by molar-refractivity contribution is -0.172. The first-order valence-corrected chi connectivity index (χ1v) is 14.7. The third-order valence-electron chi connectivity index (χ3n) is 10.6. The molecule has 2 heterocycles. The molecule has 7 rings (SSSR count). The van der Waals surface area contributed by atoms with Crippen LogP contribution in [0.1, 0.15) is 75.6 Å². The summed E-state index contributed by atoms with van der Waals surface area (Å²) >= 11 is 0. The van der Waals surface area contributed by atoms with Gasteiger partial charge in [0.2, 0.25) is 0 Å². The van der Waals surface area contributed by atoms with Crippen molar-refractivity contribution in [3.8, 4) is 0 Å². The smallest absolute Gasteiger partial charge is 0.253 e. The predicted octanol–water partition coefficient (Wildman–Crippen LogP) is 3.74. The van der Waals surface area contributed by atoms with Crippen LogP contribution < -0.4 is 10.2 Å². The normalized spacial score (nSPS) is 35.9. The van der Waals surface area contributed by atoms with E-state index in [0.717, 1.165) is 95.3 Å². The van der Waals surface area contributed by atoms with Crippen molar-refractivity contribution in [3.05, 3.63) is 29.8 Å². The molecule has 1 aromatic rings. The molecule has 1 amide bonds. The van der Waals surface area contributed by atoms with Gasteiger partial charge in [0, 0.05) is 62.6 Å². The predicted molar refractivity (Wildman–Crippen MR) is 144 cm³/mol. The molecule has 4 bridgehead atoms. The molecule has 198 valence electrons. The van der Waals surface area contributed by atoms with E-state index in [0.29, 0.717) is 17.5 Å². The second-order valence-electron chi connectivity index (χ2n) is 13.0. The zero-order valence-corrected chi connectivity index (χ0v) is 22.4. The molecule has 2 aliphatic heterocycles. The Hall–Kier alpha value is -1.63. The summed E-state index contributed by atoms with van der Waals surface area (Å²) < 4.78 is 0. The van der Waals surface area contributed by atoms with Gasteiger partial charge in [-0.2, -0.15) is 0 Å². The van der Waals surface area contributed by atoms with E-state index in [2.05, 4.69) is 41.1 Å². The molecule has 2 saturated heterocycles. The first-order valence-electron chi connectivity index (χ1n) is 14.7. The Kier molecular flexibility index (Phi) is 6.58. The van der Waals surface area contributed by atoms with E-state index in [4.69, 9.17) is 0 Å². The molecule has 0 unspecified atom stereocenters. The van der Waals surface area contributed by atoms with Crippen molar-refractivity contribution < 1.29 is 9.90 Å². The van der Waals surface area contributed by atoms with Crippen LogP contribution in [0, 0.1) is 17.3 Å². The fourth-order valence-corrected chi connectivity index (χ4v) is 8.89. The van der Waals surface area contributed by atoms with Crippen molar-refractivity contribution in [2.45, 2.75) is 82.9 Å². The fraction of sp³-hybridized carbons (Fsp3) is 0.767. The number of piperidine rings is 1. The summed E-state index contributed by atoms with van der Waals surface area (Å²) in [6.07, 6.45) is 9.41. The molecular weight excluding hydrogens is 448 g/mol. The Morgan fingerprint density at radius 1 is 1.00 bits per heavy atom. The standard InChI is InChI=1S/C30H46N4O2/c1-3-32-12-14-34(15-13-32)28(35)25-4-6-27(7-5-25)33-10-8-26(9-11-33)31-22(2)29-17-23-16-24(18-29)20-30(36,19-23)21-29/h4-7,22-24,26,31,36H,3,8-21H2,1-2H3/t22-,23+,24+,29?,30?/m1/s1. The van der Waals surface area contributed by atoms with E-state index in [1.807, 2.05) is 17.0 Å². The van der Waals surface area contributed by atoms with Crippen LogP contribution in [-0.2, 0) is 0 Å². The number of piperazine rings is 1. The van der Waals surface area contributed by atoms with Crippen molar-refractivity contribution in [1.82, 2.24) is 15.1 Å². The molecule has 2 N–H and O–H groups in total. The average molecular weight is 495 g/mol. The number of nitrogens with one attached hydrogen (secondary N) is 1. The first kappa shape index (κ1) is 24.7. The topological polar surface area (TPSA) is 59.0 Å². The van der Waals surface area contributed by atoms with Gasteiger partial charge in [0.1, 0.15) is 0 Å². The number of anilines is 1. The van der Waals surface area contributed by atoms with E-state index < -0.39 is 0 Å². The minimum Gasteiger partial charge on any atom is -0.390 e. The van der Waals surface area contributed by atoms with Crippen LogP contribution in [0.2, 0.25) is 0 Å². The van der Waals surface area contributed by atoms with Gasteiger partial charge in [-0.15, -0.1) is 0 Å². The molecule has 6 heteroatoms. The van der Waals surface area contributed by atoms with Crippen molar-refractivity contribution in [3.63, 3.8) is 0 Å². The van der Waals surface area contributed by atoms with Crippen LogP contribution >= 0.6 is 0 Å². The van der Waals surface area contributed by atoms with Gasteiger partial charge in [0.15, 0.2) is 0 Å². The van der Waals surface area contributed by atoms with E-state index in [1.165, 1.54) is 24.9 Å². The number of carbonyl (C=O) groups is 1. The summed E-state index contributed by atoms with van der Waals surface area (Å²) in [4.78, 5) is 19.8. The number of aliphatic hydroxyl groups is 1. The summed E-state index contributed by atoms with van der Waals surface area (Å²) in [7, 11) is 0. The summed E-state index contributed by atoms with van der Waals surface area (Å²) in [6.45, 7) is 11.4. The highest BCUT2D eigenvalue weighted by molar-refractivity contribution is 5.94. The molecule has 6 aliphatic rings. The Labute approximate surface area is 217 Å². The van der Waals surface area contributed by atoms with Gasteiger partial charge >= 0.3 is 0 Å². The number of likely N-dealkylation sites (N-methyl/N-ethyl adjacent to an activating group) is 1. The number of nitrogens with zero attached hydrogens (tertiary/aromatic N) is 3. The molecular formula is C30H46N4O2. The minimum absolute atomic E-state index is 0.170. The largest absolute Gasteiger partial charge is 0.390 e. The maximum absolute atomic E-state index is 12.9. The van der Waals surface area contributed by atoms with Crippen LogP contribution in [-0.4, -0.2) is 84.3 Å². The summed E-state index contributed by atoms with van der Waals surface area (Å²) in [5.74, 6) is 1.67. The Bertz CT molecular complexity index is 919. The van der Waals surface area contributed by atoms with Gasteiger partial charge in [0.25, 0.3) is 5.91 Å². The van der Waals surface area contributed by atoms with Crippen LogP contribution in [0.25, 0.3) is 0 Å². The van der Waals surface area contributed by atoms with Gasteiger partial charge in [-0.25, -0.2) is 0 Å². The SMILES string of the molecule is CCN1CCN(C(=O)c2ccc(N3CCC(N[C@H](C)C45C[C@@H]6C[C@H](CC(O)(C6)C4)C5)CC3)cc2)CC1. The highest BCUT2D eigenvalue weighted by Crippen LogP contribution is 2.62. The summed E-state index contributed by atoms with van der Waals surface area (Å²) in [5.41, 5.74) is 1.98. The lowest BCUT2D eigenvalue weighted by Crippen LogP contribution is -2.62. The first-order chi connectivity index (χ1) is 17.3. The second-order valence-corrected chi connectivity index (χ2v) is 13.0.